The van der Waals surface area contributed by atoms with Crippen molar-refractivity contribution in [3.05, 3.63) is 53.6 Å². The maximum atomic E-state index is 13.2. The highest BCUT2D eigenvalue weighted by atomic mass is 32.2. The van der Waals surface area contributed by atoms with Crippen LogP contribution in [0.5, 0.6) is 11.5 Å². The van der Waals surface area contributed by atoms with E-state index in [4.69, 9.17) is 9.47 Å². The second-order valence-corrected chi connectivity index (χ2v) is 8.38. The summed E-state index contributed by atoms with van der Waals surface area (Å²) in [4.78, 5) is 0.260. The van der Waals surface area contributed by atoms with E-state index in [1.165, 1.54) is 5.56 Å². The van der Waals surface area contributed by atoms with Crippen LogP contribution in [-0.4, -0.2) is 32.5 Å². The van der Waals surface area contributed by atoms with Crippen molar-refractivity contribution in [2.45, 2.75) is 30.7 Å². The summed E-state index contributed by atoms with van der Waals surface area (Å²) in [7, 11) is -3.58. The van der Waals surface area contributed by atoms with E-state index in [0.29, 0.717) is 31.3 Å². The SMILES string of the molecule is Cc1ccc(C2CCCN2S(=O)(=O)c2ccc3c(c2)OCCO3)cc1. The molecule has 1 saturated heterocycles. The zero-order valence-corrected chi connectivity index (χ0v) is 15.0. The minimum absolute atomic E-state index is 0.112. The van der Waals surface area contributed by atoms with Gasteiger partial charge in [-0.25, -0.2) is 8.42 Å². The van der Waals surface area contributed by atoms with E-state index in [0.717, 1.165) is 18.4 Å². The third-order valence-electron chi connectivity index (χ3n) is 4.79. The third-order valence-corrected chi connectivity index (χ3v) is 6.69. The highest BCUT2D eigenvalue weighted by Crippen LogP contribution is 2.39. The molecule has 5 nitrogen and oxygen atoms in total. The summed E-state index contributed by atoms with van der Waals surface area (Å²) in [5, 5.41) is 0. The van der Waals surface area contributed by atoms with Gasteiger partial charge in [0.2, 0.25) is 10.0 Å². The van der Waals surface area contributed by atoms with Gasteiger partial charge < -0.3 is 9.47 Å². The van der Waals surface area contributed by atoms with Crippen LogP contribution >= 0.6 is 0 Å². The van der Waals surface area contributed by atoms with Crippen molar-refractivity contribution < 1.29 is 17.9 Å². The molecular formula is C19H21NO4S. The molecule has 1 fully saturated rings. The molecule has 0 aromatic heterocycles. The number of hydrogen-bond acceptors (Lipinski definition) is 4. The first-order valence-electron chi connectivity index (χ1n) is 8.54. The van der Waals surface area contributed by atoms with Crippen molar-refractivity contribution >= 4 is 10.0 Å². The lowest BCUT2D eigenvalue weighted by Crippen LogP contribution is -2.30. The van der Waals surface area contributed by atoms with Gasteiger partial charge in [-0.1, -0.05) is 29.8 Å². The van der Waals surface area contributed by atoms with Gasteiger partial charge in [-0.3, -0.25) is 0 Å². The predicted molar refractivity (Wildman–Crippen MR) is 94.5 cm³/mol. The molecule has 0 amide bonds. The minimum atomic E-state index is -3.58. The lowest BCUT2D eigenvalue weighted by atomic mass is 10.0. The Morgan fingerprint density at radius 3 is 2.48 bits per heavy atom. The Morgan fingerprint density at radius 1 is 1.00 bits per heavy atom. The summed E-state index contributed by atoms with van der Waals surface area (Å²) >= 11 is 0. The number of rotatable bonds is 3. The molecule has 6 heteroatoms. The van der Waals surface area contributed by atoms with E-state index >= 15 is 0 Å². The van der Waals surface area contributed by atoms with Crippen LogP contribution in [0.2, 0.25) is 0 Å². The van der Waals surface area contributed by atoms with E-state index in [9.17, 15) is 8.42 Å². The number of hydrogen-bond donors (Lipinski definition) is 0. The van der Waals surface area contributed by atoms with E-state index in [-0.39, 0.29) is 10.9 Å². The van der Waals surface area contributed by atoms with Crippen molar-refractivity contribution in [2.24, 2.45) is 0 Å². The molecule has 0 aliphatic carbocycles. The number of nitrogens with zero attached hydrogens (tertiary/aromatic N) is 1. The Bertz CT molecular complexity index is 877. The third kappa shape index (κ3) is 3.00. The van der Waals surface area contributed by atoms with E-state index in [1.54, 1.807) is 22.5 Å². The van der Waals surface area contributed by atoms with Gasteiger partial charge in [0.25, 0.3) is 0 Å². The van der Waals surface area contributed by atoms with Gasteiger partial charge in [0.1, 0.15) is 13.2 Å². The van der Waals surface area contributed by atoms with Gasteiger partial charge in [0, 0.05) is 12.6 Å². The Morgan fingerprint density at radius 2 is 1.72 bits per heavy atom. The smallest absolute Gasteiger partial charge is 0.243 e. The first-order valence-corrected chi connectivity index (χ1v) is 9.98. The number of sulfonamides is 1. The standard InChI is InChI=1S/C19H21NO4S/c1-14-4-6-15(7-5-14)17-3-2-10-20(17)25(21,22)16-8-9-18-19(13-16)24-12-11-23-18/h4-9,13,17H,2-3,10-12H2,1H3. The normalized spacial score (nSPS) is 20.6. The quantitative estimate of drug-likeness (QED) is 0.844. The molecule has 2 aromatic rings. The van der Waals surface area contributed by atoms with Gasteiger partial charge in [-0.05, 0) is 37.5 Å². The van der Waals surface area contributed by atoms with Gasteiger partial charge in [-0.2, -0.15) is 4.31 Å². The highest BCUT2D eigenvalue weighted by Gasteiger charge is 2.36. The fourth-order valence-corrected chi connectivity index (χ4v) is 5.17. The monoisotopic (exact) mass is 359 g/mol. The molecule has 1 unspecified atom stereocenters. The Balaban J connectivity index is 1.68. The predicted octanol–water partition coefficient (Wildman–Crippen LogP) is 3.29. The van der Waals surface area contributed by atoms with Crippen LogP contribution in [0.1, 0.15) is 30.0 Å². The maximum Gasteiger partial charge on any atom is 0.243 e. The lowest BCUT2D eigenvalue weighted by molar-refractivity contribution is 0.171. The number of ether oxygens (including phenoxy) is 2. The molecule has 0 N–H and O–H groups in total. The fourth-order valence-electron chi connectivity index (χ4n) is 3.47. The van der Waals surface area contributed by atoms with Crippen LogP contribution in [0.15, 0.2) is 47.4 Å². The van der Waals surface area contributed by atoms with Crippen LogP contribution < -0.4 is 9.47 Å². The molecule has 2 heterocycles. The molecule has 0 saturated carbocycles. The number of aryl methyl sites for hydroxylation is 1. The zero-order valence-electron chi connectivity index (χ0n) is 14.1. The van der Waals surface area contributed by atoms with Gasteiger partial charge in [-0.15, -0.1) is 0 Å². The summed E-state index contributed by atoms with van der Waals surface area (Å²) < 4.78 is 39.0. The summed E-state index contributed by atoms with van der Waals surface area (Å²) in [5.41, 5.74) is 2.22. The molecule has 2 aliphatic rings. The van der Waals surface area contributed by atoms with Crippen LogP contribution in [0.4, 0.5) is 0 Å². The largest absolute Gasteiger partial charge is 0.486 e. The summed E-state index contributed by atoms with van der Waals surface area (Å²) in [6, 6.07) is 12.9. The van der Waals surface area contributed by atoms with Gasteiger partial charge in [0.05, 0.1) is 10.9 Å². The van der Waals surface area contributed by atoms with Crippen LogP contribution in [0.3, 0.4) is 0 Å². The maximum absolute atomic E-state index is 13.2. The molecule has 132 valence electrons. The first kappa shape index (κ1) is 16.4. The van der Waals surface area contributed by atoms with Gasteiger partial charge >= 0.3 is 0 Å². The van der Waals surface area contributed by atoms with Crippen molar-refractivity contribution in [3.63, 3.8) is 0 Å². The van der Waals surface area contributed by atoms with E-state index < -0.39 is 10.0 Å². The molecule has 25 heavy (non-hydrogen) atoms. The Kier molecular flexibility index (Phi) is 4.17. The van der Waals surface area contributed by atoms with Crippen molar-refractivity contribution in [1.29, 1.82) is 0 Å². The average Bonchev–Trinajstić information content (AvgIpc) is 3.12. The Hall–Kier alpha value is -2.05. The van der Waals surface area contributed by atoms with Crippen molar-refractivity contribution in [3.8, 4) is 11.5 Å². The minimum Gasteiger partial charge on any atom is -0.486 e. The van der Waals surface area contributed by atoms with Crippen LogP contribution in [-0.2, 0) is 10.0 Å². The van der Waals surface area contributed by atoms with E-state index in [1.807, 2.05) is 31.2 Å². The van der Waals surface area contributed by atoms with Crippen molar-refractivity contribution in [1.82, 2.24) is 4.31 Å². The molecule has 0 bridgehead atoms. The molecule has 2 aromatic carbocycles. The summed E-state index contributed by atoms with van der Waals surface area (Å²) in [5.74, 6) is 1.10. The fraction of sp³-hybridized carbons (Fsp3) is 0.368. The molecular weight excluding hydrogens is 338 g/mol. The second kappa shape index (κ2) is 6.35. The molecule has 0 spiro atoms. The summed E-state index contributed by atoms with van der Waals surface area (Å²) in [6.07, 6.45) is 1.70. The van der Waals surface area contributed by atoms with Crippen LogP contribution in [0, 0.1) is 6.92 Å². The average molecular weight is 359 g/mol. The number of fused-ring (bicyclic) bond motifs is 1. The second-order valence-electron chi connectivity index (χ2n) is 6.49. The van der Waals surface area contributed by atoms with E-state index in [2.05, 4.69) is 0 Å². The molecule has 4 rings (SSSR count). The Labute approximate surface area is 148 Å². The topological polar surface area (TPSA) is 55.8 Å². The molecule has 1 atom stereocenters. The summed E-state index contributed by atoms with van der Waals surface area (Å²) in [6.45, 7) is 3.49. The van der Waals surface area contributed by atoms with Gasteiger partial charge in [0.15, 0.2) is 11.5 Å². The molecule has 0 radical (unpaired) electrons. The highest BCUT2D eigenvalue weighted by molar-refractivity contribution is 7.89. The van der Waals surface area contributed by atoms with Crippen LogP contribution in [0.25, 0.3) is 0 Å². The lowest BCUT2D eigenvalue weighted by Gasteiger charge is -2.25. The first-order chi connectivity index (χ1) is 12.1. The number of benzene rings is 2. The van der Waals surface area contributed by atoms with Crippen molar-refractivity contribution in [2.75, 3.05) is 19.8 Å². The zero-order chi connectivity index (χ0) is 17.4. The molecule has 2 aliphatic heterocycles.